The number of para-hydroxylation sites is 6. The van der Waals surface area contributed by atoms with Gasteiger partial charge in [-0.2, -0.15) is 5.26 Å². The van der Waals surface area contributed by atoms with Gasteiger partial charge in [0.05, 0.1) is 120 Å². The van der Waals surface area contributed by atoms with E-state index in [1.807, 2.05) is 49.1 Å². The smallest absolute Gasteiger partial charge is 0.188 e. The molecule has 0 amide bonds. The molecule has 0 bridgehead atoms. The topological polar surface area (TPSA) is 101 Å². The number of hydrogen-bond acceptors (Lipinski definition) is 5. The second-order valence-electron chi connectivity index (χ2n) is 24.9. The molecule has 438 valence electrons. The van der Waals surface area contributed by atoms with E-state index in [4.69, 9.17) is 26.3 Å². The Morgan fingerprint density at radius 3 is 1.19 bits per heavy atom. The molecule has 0 N–H and O–H groups in total. The van der Waals surface area contributed by atoms with E-state index in [0.29, 0.717) is 22.7 Å². The van der Waals surface area contributed by atoms with Gasteiger partial charge in [0.15, 0.2) is 5.69 Å². The molecule has 1 atom stereocenters. The molecular formula is C84H46N10O. The van der Waals surface area contributed by atoms with Crippen molar-refractivity contribution in [2.24, 2.45) is 0 Å². The van der Waals surface area contributed by atoms with E-state index in [0.717, 1.165) is 160 Å². The molecule has 95 heavy (non-hydrogen) atoms. The van der Waals surface area contributed by atoms with Crippen LogP contribution in [-0.2, 0) is 5.41 Å². The minimum absolute atomic E-state index is 0.574. The zero-order valence-electron chi connectivity index (χ0n) is 50.4. The highest BCUT2D eigenvalue weighted by Gasteiger charge is 2.54. The number of fused-ring (bicyclic) bond motifs is 24. The highest BCUT2D eigenvalue weighted by Crippen LogP contribution is 2.63. The molecule has 1 spiro atoms. The number of pyridine rings is 3. The van der Waals surface area contributed by atoms with Gasteiger partial charge in [0.25, 0.3) is 0 Å². The van der Waals surface area contributed by atoms with Gasteiger partial charge in [0.1, 0.15) is 11.5 Å². The van der Waals surface area contributed by atoms with Crippen molar-refractivity contribution in [3.05, 3.63) is 319 Å². The van der Waals surface area contributed by atoms with Crippen LogP contribution in [0.2, 0.25) is 0 Å². The summed E-state index contributed by atoms with van der Waals surface area (Å²) in [5.41, 5.74) is 20.1. The maximum atomic E-state index is 10.6. The lowest BCUT2D eigenvalue weighted by Crippen LogP contribution is -2.33. The Bertz CT molecular complexity index is 6600. The lowest BCUT2D eigenvalue weighted by Gasteiger charge is -2.39. The molecule has 0 saturated heterocycles. The molecule has 1 unspecified atom stereocenters. The molecule has 0 radical (unpaired) electrons. The molecule has 0 saturated carbocycles. The van der Waals surface area contributed by atoms with Gasteiger partial charge in [-0.1, -0.05) is 115 Å². The van der Waals surface area contributed by atoms with Crippen LogP contribution in [0.4, 0.5) is 5.69 Å². The number of nitriles is 1. The summed E-state index contributed by atoms with van der Waals surface area (Å²) in [5.74, 6) is 1.38. The van der Waals surface area contributed by atoms with Gasteiger partial charge in [0.2, 0.25) is 0 Å². The number of rotatable bonds is 5. The van der Waals surface area contributed by atoms with Crippen molar-refractivity contribution in [1.82, 2.24) is 37.8 Å². The van der Waals surface area contributed by atoms with Crippen LogP contribution in [0.1, 0.15) is 27.8 Å². The summed E-state index contributed by atoms with van der Waals surface area (Å²) in [7, 11) is 0. The minimum atomic E-state index is -1.19. The molecule has 11 heteroatoms. The predicted octanol–water partition coefficient (Wildman–Crippen LogP) is 20.2. The summed E-state index contributed by atoms with van der Waals surface area (Å²) < 4.78 is 19.1. The van der Waals surface area contributed by atoms with Gasteiger partial charge in [-0.3, -0.25) is 15.0 Å². The summed E-state index contributed by atoms with van der Waals surface area (Å²) in [6, 6.07) is 92.7. The average Bonchev–Trinajstić information content (AvgIpc) is 1.54. The Morgan fingerprint density at radius 1 is 0.337 bits per heavy atom. The monoisotopic (exact) mass is 1210 g/mol. The fraction of sp³-hybridized carbons (Fsp3) is 0.0119. The maximum Gasteiger partial charge on any atom is 0.188 e. The van der Waals surface area contributed by atoms with Gasteiger partial charge >= 0.3 is 0 Å². The van der Waals surface area contributed by atoms with E-state index in [1.54, 1.807) is 0 Å². The lowest BCUT2D eigenvalue weighted by molar-refractivity contribution is 0.436. The average molecular weight is 1210 g/mol. The van der Waals surface area contributed by atoms with Crippen molar-refractivity contribution in [2.45, 2.75) is 5.41 Å². The Morgan fingerprint density at radius 2 is 0.705 bits per heavy atom. The third-order valence-corrected chi connectivity index (χ3v) is 20.3. The Balaban J connectivity index is 0.889. The van der Waals surface area contributed by atoms with Crippen molar-refractivity contribution in [1.29, 1.82) is 5.26 Å². The zero-order valence-corrected chi connectivity index (χ0v) is 50.4. The van der Waals surface area contributed by atoms with Crippen LogP contribution in [-0.4, -0.2) is 37.8 Å². The Labute approximate surface area is 541 Å². The molecule has 21 rings (SSSR count). The summed E-state index contributed by atoms with van der Waals surface area (Å²) in [6.45, 7) is 8.07. The quantitative estimate of drug-likeness (QED) is 0.160. The molecule has 11 aromatic carbocycles. The number of hydrogen-bond donors (Lipinski definition) is 0. The van der Waals surface area contributed by atoms with E-state index in [9.17, 15) is 5.26 Å². The SMILES string of the molecule is [C-]#[N+]c1ccc2c(c1)c1ccccc1n2-c1cnc2c(c1)C1(c3cc(-n4c5ccc(C#N)cc5c5cc(-n6c7ccccc7c7ccccc76)ccc54)ccc3Oc3ccc(-n4c5ccccc5c5ccncc54)cc31)c1cc(-n3c4ccccc4c4ccccc43)cnc1-2. The van der Waals surface area contributed by atoms with E-state index in [1.165, 1.54) is 10.8 Å². The third-order valence-electron chi connectivity index (χ3n) is 20.3. The first-order chi connectivity index (χ1) is 47.0. The number of nitrogens with zero attached hydrogens (tertiary/aromatic N) is 10. The number of ether oxygens (including phenoxy) is 1. The highest BCUT2D eigenvalue weighted by molar-refractivity contribution is 6.15. The summed E-state index contributed by atoms with van der Waals surface area (Å²) in [4.78, 5) is 19.9. The van der Waals surface area contributed by atoms with E-state index in [-0.39, 0.29) is 0 Å². The van der Waals surface area contributed by atoms with Crippen LogP contribution >= 0.6 is 0 Å². The number of aromatic nitrogens is 8. The van der Waals surface area contributed by atoms with E-state index < -0.39 is 5.41 Å². The standard InChI is InChI=1S/C84H46N10O/c1-86-50-27-32-77-64(39-50)61-19-7-13-25-75(61)94(77)55-44-69-83(89-47-55)82-68(43-54(46-88-82)93-73-23-11-4-16-58(73)59-17-5-12-24-74(59)93)84(69)66-41-52(29-34-80(66)95-81-35-30-53(42-67(81)84)92-72-22-10-6-18-60(72)62-36-37-87-48-79(62)92)91-76-31-26-49(45-85)38-63(76)65-40-51(28-33-78(65)91)90-70-20-8-2-14-56(70)57-15-3-9-21-71(57)90/h2-44,46-48H. The molecule has 8 aromatic heterocycles. The first-order valence-corrected chi connectivity index (χ1v) is 31.7. The Hall–Kier alpha value is -13.4. The van der Waals surface area contributed by atoms with Gasteiger partial charge in [0, 0.05) is 94.0 Å². The highest BCUT2D eigenvalue weighted by atomic mass is 16.5. The minimum Gasteiger partial charge on any atom is -0.457 e. The normalized spacial score (nSPS) is 14.0. The lowest BCUT2D eigenvalue weighted by atomic mass is 9.66. The Kier molecular flexibility index (Phi) is 10.2. The molecule has 0 fully saturated rings. The predicted molar refractivity (Wildman–Crippen MR) is 380 cm³/mol. The van der Waals surface area contributed by atoms with Crippen molar-refractivity contribution in [2.75, 3.05) is 0 Å². The molecule has 19 aromatic rings. The molecule has 1 aliphatic heterocycles. The summed E-state index contributed by atoms with van der Waals surface area (Å²) in [5, 5.41) is 21.5. The fourth-order valence-corrected chi connectivity index (χ4v) is 16.5. The summed E-state index contributed by atoms with van der Waals surface area (Å²) >= 11 is 0. The third kappa shape index (κ3) is 6.81. The summed E-state index contributed by atoms with van der Waals surface area (Å²) in [6.07, 6.45) is 7.83. The molecule has 9 heterocycles. The van der Waals surface area contributed by atoms with Crippen molar-refractivity contribution >= 4 is 115 Å². The number of benzene rings is 11. The van der Waals surface area contributed by atoms with Gasteiger partial charge in [-0.25, -0.2) is 4.85 Å². The van der Waals surface area contributed by atoms with Gasteiger partial charge < -0.3 is 27.6 Å². The fourth-order valence-electron chi connectivity index (χ4n) is 16.5. The molecule has 2 aliphatic rings. The second-order valence-corrected chi connectivity index (χ2v) is 24.9. The van der Waals surface area contributed by atoms with Gasteiger partial charge in [-0.15, -0.1) is 0 Å². The van der Waals surface area contributed by atoms with Crippen molar-refractivity contribution in [3.63, 3.8) is 0 Å². The van der Waals surface area contributed by atoms with Crippen LogP contribution in [0.15, 0.2) is 280 Å². The first-order valence-electron chi connectivity index (χ1n) is 31.7. The van der Waals surface area contributed by atoms with Gasteiger partial charge in [-0.05, 0) is 145 Å². The molecular weight excluding hydrogens is 1160 g/mol. The zero-order chi connectivity index (χ0) is 62.4. The maximum absolute atomic E-state index is 10.6. The molecule has 1 aliphatic carbocycles. The largest absolute Gasteiger partial charge is 0.457 e. The molecule has 11 nitrogen and oxygen atoms in total. The van der Waals surface area contributed by atoms with Crippen LogP contribution in [0.3, 0.4) is 0 Å². The van der Waals surface area contributed by atoms with Crippen molar-refractivity contribution in [3.8, 4) is 57.4 Å². The van der Waals surface area contributed by atoms with Crippen LogP contribution < -0.4 is 4.74 Å². The van der Waals surface area contributed by atoms with Crippen molar-refractivity contribution < 1.29 is 4.74 Å². The van der Waals surface area contributed by atoms with E-state index in [2.05, 4.69) is 264 Å². The van der Waals surface area contributed by atoms with Crippen LogP contribution in [0, 0.1) is 17.9 Å². The first kappa shape index (κ1) is 51.4. The van der Waals surface area contributed by atoms with E-state index >= 15 is 0 Å². The second kappa shape index (κ2) is 18.9. The van der Waals surface area contributed by atoms with Crippen LogP contribution in [0.25, 0.3) is 154 Å². The van der Waals surface area contributed by atoms with Crippen LogP contribution in [0.5, 0.6) is 11.5 Å².